The zero-order valence-electron chi connectivity index (χ0n) is 12.0. The van der Waals surface area contributed by atoms with E-state index in [1.165, 1.54) is 10.4 Å². The molecule has 0 saturated heterocycles. The second-order valence-corrected chi connectivity index (χ2v) is 6.50. The molecule has 0 aliphatic heterocycles. The Labute approximate surface area is 129 Å². The van der Waals surface area contributed by atoms with Crippen LogP contribution in [0.25, 0.3) is 0 Å². The molecule has 0 amide bonds. The zero-order chi connectivity index (χ0) is 14.5. The predicted molar refractivity (Wildman–Crippen MR) is 86.9 cm³/mol. The topological polar surface area (TPSA) is 21.3 Å². The number of nitrogens with one attached hydrogen (secondary N) is 1. The van der Waals surface area contributed by atoms with Crippen LogP contribution in [-0.2, 0) is 0 Å². The van der Waals surface area contributed by atoms with Gasteiger partial charge in [-0.05, 0) is 50.6 Å². The van der Waals surface area contributed by atoms with E-state index in [2.05, 4.69) is 37.4 Å². The van der Waals surface area contributed by atoms with Crippen LogP contribution in [0.3, 0.4) is 0 Å². The summed E-state index contributed by atoms with van der Waals surface area (Å²) in [5, 5.41) is 3.59. The number of benzene rings is 1. The van der Waals surface area contributed by atoms with E-state index in [1.54, 1.807) is 11.3 Å². The Morgan fingerprint density at radius 3 is 2.35 bits per heavy atom. The molecule has 0 bridgehead atoms. The number of hydrogen-bond acceptors (Lipinski definition) is 3. The number of ether oxygens (including phenoxy) is 1. The van der Waals surface area contributed by atoms with Crippen molar-refractivity contribution in [2.75, 3.05) is 6.61 Å². The Hall–Kier alpha value is -1.03. The highest BCUT2D eigenvalue weighted by Gasteiger charge is 2.12. The molecule has 2 rings (SSSR count). The van der Waals surface area contributed by atoms with Crippen molar-refractivity contribution in [2.24, 2.45) is 0 Å². The van der Waals surface area contributed by atoms with Gasteiger partial charge in [0.15, 0.2) is 0 Å². The van der Waals surface area contributed by atoms with Gasteiger partial charge in [-0.1, -0.05) is 23.7 Å². The first-order valence-corrected chi connectivity index (χ1v) is 8.03. The van der Waals surface area contributed by atoms with Crippen LogP contribution in [0.1, 0.15) is 43.3 Å². The first-order chi connectivity index (χ1) is 9.60. The van der Waals surface area contributed by atoms with Crippen LogP contribution in [0.5, 0.6) is 5.75 Å². The molecular formula is C16H20ClNOS. The van der Waals surface area contributed by atoms with E-state index in [9.17, 15) is 0 Å². The summed E-state index contributed by atoms with van der Waals surface area (Å²) < 4.78 is 6.30. The molecule has 2 aromatic rings. The second kappa shape index (κ2) is 7.11. The van der Waals surface area contributed by atoms with Gasteiger partial charge in [0.2, 0.25) is 0 Å². The molecule has 1 N–H and O–H groups in total. The van der Waals surface area contributed by atoms with Gasteiger partial charge in [-0.25, -0.2) is 0 Å². The van der Waals surface area contributed by atoms with Crippen molar-refractivity contribution < 1.29 is 4.74 Å². The Kier molecular flexibility index (Phi) is 5.46. The minimum atomic E-state index is 0.279. The Morgan fingerprint density at radius 2 is 1.80 bits per heavy atom. The summed E-state index contributed by atoms with van der Waals surface area (Å²) in [5.74, 6) is 0.918. The third kappa shape index (κ3) is 3.98. The molecule has 108 valence electrons. The first-order valence-electron chi connectivity index (χ1n) is 6.84. The highest BCUT2D eigenvalue weighted by atomic mass is 35.5. The van der Waals surface area contributed by atoms with E-state index >= 15 is 0 Å². The van der Waals surface area contributed by atoms with Gasteiger partial charge in [-0.2, -0.15) is 0 Å². The summed E-state index contributed by atoms with van der Waals surface area (Å²) >= 11 is 7.61. The third-order valence-corrected chi connectivity index (χ3v) is 4.63. The van der Waals surface area contributed by atoms with Crippen LogP contribution in [-0.4, -0.2) is 6.61 Å². The lowest BCUT2D eigenvalue weighted by Gasteiger charge is -2.19. The van der Waals surface area contributed by atoms with Crippen molar-refractivity contribution >= 4 is 22.9 Å². The van der Waals surface area contributed by atoms with Gasteiger partial charge in [0.05, 0.1) is 10.9 Å². The highest BCUT2D eigenvalue weighted by Crippen LogP contribution is 2.28. The van der Waals surface area contributed by atoms with Gasteiger partial charge < -0.3 is 10.1 Å². The standard InChI is InChI=1S/C16H20ClNOS/c1-4-19-14-7-5-13(6-8-14)11(2)18-12(3)15-9-10-16(17)20-15/h5-12,18H,4H2,1-3H3. The second-order valence-electron chi connectivity index (χ2n) is 4.75. The van der Waals surface area contributed by atoms with Crippen LogP contribution >= 0.6 is 22.9 Å². The zero-order valence-corrected chi connectivity index (χ0v) is 13.6. The molecule has 1 heterocycles. The van der Waals surface area contributed by atoms with Crippen LogP contribution in [0, 0.1) is 0 Å². The maximum Gasteiger partial charge on any atom is 0.119 e. The van der Waals surface area contributed by atoms with Gasteiger partial charge in [0, 0.05) is 17.0 Å². The molecule has 0 aliphatic carbocycles. The Morgan fingerprint density at radius 1 is 1.10 bits per heavy atom. The molecule has 0 radical (unpaired) electrons. The lowest BCUT2D eigenvalue weighted by Crippen LogP contribution is -2.21. The summed E-state index contributed by atoms with van der Waals surface area (Å²) in [4.78, 5) is 1.26. The summed E-state index contributed by atoms with van der Waals surface area (Å²) in [5.41, 5.74) is 1.25. The van der Waals surface area contributed by atoms with Crippen molar-refractivity contribution in [1.82, 2.24) is 5.32 Å². The van der Waals surface area contributed by atoms with Gasteiger partial charge >= 0.3 is 0 Å². The molecule has 2 nitrogen and oxygen atoms in total. The molecule has 0 saturated carbocycles. The van der Waals surface area contributed by atoms with Crippen molar-refractivity contribution in [3.05, 3.63) is 51.2 Å². The fourth-order valence-corrected chi connectivity index (χ4v) is 3.21. The molecule has 20 heavy (non-hydrogen) atoms. The summed E-state index contributed by atoms with van der Waals surface area (Å²) in [7, 11) is 0. The largest absolute Gasteiger partial charge is 0.494 e. The van der Waals surface area contributed by atoms with Crippen LogP contribution in [0.4, 0.5) is 0 Å². The molecule has 0 fully saturated rings. The number of rotatable bonds is 6. The van der Waals surface area contributed by atoms with Crippen LogP contribution in [0.2, 0.25) is 4.34 Å². The quantitative estimate of drug-likeness (QED) is 0.790. The van der Waals surface area contributed by atoms with Crippen molar-refractivity contribution in [2.45, 2.75) is 32.9 Å². The average Bonchev–Trinajstić information content (AvgIpc) is 2.86. The van der Waals surface area contributed by atoms with E-state index < -0.39 is 0 Å². The fraction of sp³-hybridized carbons (Fsp3) is 0.375. The van der Waals surface area contributed by atoms with Crippen LogP contribution in [0.15, 0.2) is 36.4 Å². The minimum Gasteiger partial charge on any atom is -0.494 e. The van der Waals surface area contributed by atoms with Crippen molar-refractivity contribution in [3.8, 4) is 5.75 Å². The van der Waals surface area contributed by atoms with E-state index in [0.29, 0.717) is 6.61 Å². The summed E-state index contributed by atoms with van der Waals surface area (Å²) in [6.07, 6.45) is 0. The smallest absolute Gasteiger partial charge is 0.119 e. The average molecular weight is 310 g/mol. The normalized spacial score (nSPS) is 14.0. The highest BCUT2D eigenvalue weighted by molar-refractivity contribution is 7.16. The summed E-state index contributed by atoms with van der Waals surface area (Å²) in [6.45, 7) is 7.02. The number of halogens is 1. The minimum absolute atomic E-state index is 0.279. The maximum absolute atomic E-state index is 5.98. The SMILES string of the molecule is CCOc1ccc(C(C)NC(C)c2ccc(Cl)s2)cc1. The van der Waals surface area contributed by atoms with E-state index in [0.717, 1.165) is 10.1 Å². The molecule has 2 atom stereocenters. The van der Waals surface area contributed by atoms with Gasteiger partial charge in [0.1, 0.15) is 5.75 Å². The van der Waals surface area contributed by atoms with Gasteiger partial charge in [-0.3, -0.25) is 0 Å². The molecule has 1 aromatic heterocycles. The van der Waals surface area contributed by atoms with Gasteiger partial charge in [0.25, 0.3) is 0 Å². The lowest BCUT2D eigenvalue weighted by atomic mass is 10.1. The predicted octanol–water partition coefficient (Wildman–Crippen LogP) is 5.21. The molecule has 0 spiro atoms. The first kappa shape index (κ1) is 15.4. The monoisotopic (exact) mass is 309 g/mol. The Balaban J connectivity index is 1.98. The van der Waals surface area contributed by atoms with Gasteiger partial charge in [-0.15, -0.1) is 11.3 Å². The molecule has 0 aliphatic rings. The molecular weight excluding hydrogens is 290 g/mol. The van der Waals surface area contributed by atoms with Crippen molar-refractivity contribution in [3.63, 3.8) is 0 Å². The van der Waals surface area contributed by atoms with E-state index in [1.807, 2.05) is 25.1 Å². The molecule has 4 heteroatoms. The third-order valence-electron chi connectivity index (χ3n) is 3.21. The van der Waals surface area contributed by atoms with Crippen molar-refractivity contribution in [1.29, 1.82) is 0 Å². The van der Waals surface area contributed by atoms with E-state index in [4.69, 9.17) is 16.3 Å². The van der Waals surface area contributed by atoms with E-state index in [-0.39, 0.29) is 12.1 Å². The molecule has 2 unspecified atom stereocenters. The maximum atomic E-state index is 5.98. The molecule has 1 aromatic carbocycles. The number of thiophene rings is 1. The van der Waals surface area contributed by atoms with Crippen LogP contribution < -0.4 is 10.1 Å². The summed E-state index contributed by atoms with van der Waals surface area (Å²) in [6, 6.07) is 12.8. The fourth-order valence-electron chi connectivity index (χ4n) is 2.13. The lowest BCUT2D eigenvalue weighted by molar-refractivity contribution is 0.340. The Bertz CT molecular complexity index is 538. The number of hydrogen-bond donors (Lipinski definition) is 1.